The van der Waals surface area contributed by atoms with E-state index in [0.29, 0.717) is 0 Å². The average Bonchev–Trinajstić information content (AvgIpc) is 2.90. The van der Waals surface area contributed by atoms with E-state index in [1.807, 2.05) is 25.2 Å². The molecule has 1 heterocycles. The van der Waals surface area contributed by atoms with E-state index in [0.717, 1.165) is 6.42 Å². The van der Waals surface area contributed by atoms with E-state index in [1.54, 1.807) is 16.2 Å². The molecule has 2 N–H and O–H groups in total. The summed E-state index contributed by atoms with van der Waals surface area (Å²) < 4.78 is 0. The van der Waals surface area contributed by atoms with Gasteiger partial charge in [-0.3, -0.25) is 4.79 Å². The molecule has 0 saturated heterocycles. The Morgan fingerprint density at radius 3 is 2.55 bits per heavy atom. The van der Waals surface area contributed by atoms with E-state index in [9.17, 15) is 4.79 Å². The molecule has 1 unspecified atom stereocenters. The second-order valence-corrected chi connectivity index (χ2v) is 5.83. The number of thiophene rings is 1. The number of aryl methyl sites for hydroxylation is 1. The molecular weight excluding hydrogens is 268 g/mol. The standard InChI is InChI=1S/C16H20N2OS/c1-12-8-9-20-16(12)14(18(2)15(19)11-17)10-13-6-4-3-5-7-13/h3-9,14H,10-11,17H2,1-2H3. The molecule has 20 heavy (non-hydrogen) atoms. The number of hydrogen-bond acceptors (Lipinski definition) is 3. The van der Waals surface area contributed by atoms with Crippen molar-refractivity contribution in [2.24, 2.45) is 5.73 Å². The van der Waals surface area contributed by atoms with Gasteiger partial charge in [-0.1, -0.05) is 30.3 Å². The van der Waals surface area contributed by atoms with Gasteiger partial charge in [-0.2, -0.15) is 0 Å². The molecule has 0 fully saturated rings. The molecule has 0 aliphatic carbocycles. The molecule has 1 amide bonds. The van der Waals surface area contributed by atoms with Gasteiger partial charge in [0.2, 0.25) is 5.91 Å². The van der Waals surface area contributed by atoms with Crippen molar-refractivity contribution < 1.29 is 4.79 Å². The molecule has 4 heteroatoms. The lowest BCUT2D eigenvalue weighted by Gasteiger charge is -2.28. The third-order valence-electron chi connectivity index (χ3n) is 3.51. The molecule has 0 spiro atoms. The lowest BCUT2D eigenvalue weighted by molar-refractivity contribution is -0.130. The molecule has 0 saturated carbocycles. The lowest BCUT2D eigenvalue weighted by Crippen LogP contribution is -2.36. The van der Waals surface area contributed by atoms with Crippen LogP contribution in [-0.4, -0.2) is 24.4 Å². The highest BCUT2D eigenvalue weighted by Gasteiger charge is 2.23. The summed E-state index contributed by atoms with van der Waals surface area (Å²) in [5, 5.41) is 2.07. The number of amides is 1. The zero-order valence-electron chi connectivity index (χ0n) is 11.9. The normalized spacial score (nSPS) is 12.2. The molecule has 0 bridgehead atoms. The first-order chi connectivity index (χ1) is 9.63. The third kappa shape index (κ3) is 3.26. The fourth-order valence-corrected chi connectivity index (χ4v) is 3.36. The Kier molecular flexibility index (Phi) is 4.93. The summed E-state index contributed by atoms with van der Waals surface area (Å²) in [6.07, 6.45) is 0.810. The molecule has 1 atom stereocenters. The van der Waals surface area contributed by atoms with Gasteiger partial charge in [-0.15, -0.1) is 11.3 Å². The largest absolute Gasteiger partial charge is 0.336 e. The molecule has 106 valence electrons. The van der Waals surface area contributed by atoms with E-state index in [2.05, 4.69) is 30.5 Å². The number of carbonyl (C=O) groups excluding carboxylic acids is 1. The fraction of sp³-hybridized carbons (Fsp3) is 0.312. The monoisotopic (exact) mass is 288 g/mol. The lowest BCUT2D eigenvalue weighted by atomic mass is 10.0. The van der Waals surface area contributed by atoms with Gasteiger partial charge >= 0.3 is 0 Å². The molecule has 0 aliphatic heterocycles. The summed E-state index contributed by atoms with van der Waals surface area (Å²) in [5.74, 6) is -0.0290. The zero-order valence-corrected chi connectivity index (χ0v) is 12.7. The Morgan fingerprint density at radius 2 is 2.00 bits per heavy atom. The smallest absolute Gasteiger partial charge is 0.236 e. The second-order valence-electron chi connectivity index (χ2n) is 4.88. The summed E-state index contributed by atoms with van der Waals surface area (Å²) in [6.45, 7) is 2.14. The average molecular weight is 288 g/mol. The van der Waals surface area contributed by atoms with Crippen LogP contribution in [0.4, 0.5) is 0 Å². The van der Waals surface area contributed by atoms with Crippen LogP contribution in [0.2, 0.25) is 0 Å². The molecule has 3 nitrogen and oxygen atoms in total. The van der Waals surface area contributed by atoms with Gasteiger partial charge in [0.1, 0.15) is 0 Å². The van der Waals surface area contributed by atoms with Crippen molar-refractivity contribution >= 4 is 17.2 Å². The maximum Gasteiger partial charge on any atom is 0.236 e. The van der Waals surface area contributed by atoms with Crippen LogP contribution in [0.5, 0.6) is 0 Å². The third-order valence-corrected chi connectivity index (χ3v) is 4.63. The van der Waals surface area contributed by atoms with E-state index in [4.69, 9.17) is 5.73 Å². The van der Waals surface area contributed by atoms with Crippen molar-refractivity contribution in [3.05, 3.63) is 57.8 Å². The Bertz CT molecular complexity index is 565. The van der Waals surface area contributed by atoms with Gasteiger partial charge in [0.05, 0.1) is 12.6 Å². The minimum absolute atomic E-state index is 0.0290. The number of benzene rings is 1. The fourth-order valence-electron chi connectivity index (χ4n) is 2.29. The van der Waals surface area contributed by atoms with Crippen molar-refractivity contribution in [1.82, 2.24) is 4.90 Å². The number of hydrogen-bond donors (Lipinski definition) is 1. The van der Waals surface area contributed by atoms with Crippen LogP contribution in [0.3, 0.4) is 0 Å². The Hall–Kier alpha value is -1.65. The molecule has 1 aromatic carbocycles. The summed E-state index contributed by atoms with van der Waals surface area (Å²) >= 11 is 1.70. The first-order valence-corrected chi connectivity index (χ1v) is 7.55. The molecule has 1 aromatic heterocycles. The maximum absolute atomic E-state index is 12.0. The Balaban J connectivity index is 2.30. The first kappa shape index (κ1) is 14.8. The second kappa shape index (κ2) is 6.68. The summed E-state index contributed by atoms with van der Waals surface area (Å²) in [4.78, 5) is 15.0. The minimum atomic E-state index is -0.0290. The highest BCUT2D eigenvalue weighted by Crippen LogP contribution is 2.31. The number of carbonyl (C=O) groups is 1. The van der Waals surface area contributed by atoms with Crippen molar-refractivity contribution in [1.29, 1.82) is 0 Å². The molecular formula is C16H20N2OS. The Morgan fingerprint density at radius 1 is 1.30 bits per heavy atom. The van der Waals surface area contributed by atoms with Crippen molar-refractivity contribution in [3.8, 4) is 0 Å². The van der Waals surface area contributed by atoms with Crippen LogP contribution >= 0.6 is 11.3 Å². The molecule has 2 rings (SSSR count). The summed E-state index contributed by atoms with van der Waals surface area (Å²) in [7, 11) is 1.84. The summed E-state index contributed by atoms with van der Waals surface area (Å²) in [5.41, 5.74) is 7.96. The van der Waals surface area contributed by atoms with Crippen LogP contribution in [0.1, 0.15) is 22.0 Å². The van der Waals surface area contributed by atoms with Gasteiger partial charge < -0.3 is 10.6 Å². The topological polar surface area (TPSA) is 46.3 Å². The minimum Gasteiger partial charge on any atom is -0.336 e. The van der Waals surface area contributed by atoms with Crippen LogP contribution in [0, 0.1) is 6.92 Å². The zero-order chi connectivity index (χ0) is 14.5. The molecule has 0 radical (unpaired) electrons. The van der Waals surface area contributed by atoms with Gasteiger partial charge in [0.15, 0.2) is 0 Å². The molecule has 0 aliphatic rings. The highest BCUT2D eigenvalue weighted by molar-refractivity contribution is 7.10. The van der Waals surface area contributed by atoms with Gasteiger partial charge in [0.25, 0.3) is 0 Å². The van der Waals surface area contributed by atoms with E-state index in [-0.39, 0.29) is 18.5 Å². The number of likely N-dealkylation sites (N-methyl/N-ethyl adjacent to an activating group) is 1. The highest BCUT2D eigenvalue weighted by atomic mass is 32.1. The number of nitrogens with zero attached hydrogens (tertiary/aromatic N) is 1. The first-order valence-electron chi connectivity index (χ1n) is 6.67. The van der Waals surface area contributed by atoms with Gasteiger partial charge in [-0.05, 0) is 35.9 Å². The van der Waals surface area contributed by atoms with Gasteiger partial charge in [-0.25, -0.2) is 0 Å². The maximum atomic E-state index is 12.0. The predicted octanol–water partition coefficient (Wildman–Crippen LogP) is 2.76. The van der Waals surface area contributed by atoms with Gasteiger partial charge in [0, 0.05) is 11.9 Å². The predicted molar refractivity (Wildman–Crippen MR) is 83.8 cm³/mol. The van der Waals surface area contributed by atoms with Crippen LogP contribution in [-0.2, 0) is 11.2 Å². The van der Waals surface area contributed by atoms with E-state index < -0.39 is 0 Å². The van der Waals surface area contributed by atoms with E-state index in [1.165, 1.54) is 16.0 Å². The van der Waals surface area contributed by atoms with E-state index >= 15 is 0 Å². The van der Waals surface area contributed by atoms with Crippen LogP contribution in [0.25, 0.3) is 0 Å². The van der Waals surface area contributed by atoms with Crippen LogP contribution in [0.15, 0.2) is 41.8 Å². The Labute approximate surface area is 124 Å². The van der Waals surface area contributed by atoms with Crippen molar-refractivity contribution in [2.75, 3.05) is 13.6 Å². The van der Waals surface area contributed by atoms with Crippen LogP contribution < -0.4 is 5.73 Å². The quantitative estimate of drug-likeness (QED) is 0.919. The SMILES string of the molecule is Cc1ccsc1C(Cc1ccccc1)N(C)C(=O)CN. The molecule has 2 aromatic rings. The number of rotatable bonds is 5. The van der Waals surface area contributed by atoms with Crippen molar-refractivity contribution in [2.45, 2.75) is 19.4 Å². The summed E-state index contributed by atoms with van der Waals surface area (Å²) in [6, 6.07) is 12.4. The number of nitrogens with two attached hydrogens (primary N) is 1. The van der Waals surface area contributed by atoms with Crippen molar-refractivity contribution in [3.63, 3.8) is 0 Å².